The van der Waals surface area contributed by atoms with Crippen LogP contribution in [-0.2, 0) is 10.2 Å². The van der Waals surface area contributed by atoms with E-state index in [9.17, 15) is 25.5 Å². The Hall–Kier alpha value is -0.370. The van der Waals surface area contributed by atoms with Crippen LogP contribution in [0.15, 0.2) is 0 Å². The quantitative estimate of drug-likeness (QED) is 0.588. The maximum absolute atomic E-state index is 12.4. The van der Waals surface area contributed by atoms with Crippen LogP contribution in [0.25, 0.3) is 0 Å². The fourth-order valence-corrected chi connectivity index (χ4v) is 2.65. The monoisotopic (exact) mass is 249 g/mol. The van der Waals surface area contributed by atoms with Gasteiger partial charge in [0.05, 0.1) is 11.7 Å². The fourth-order valence-electron chi connectivity index (χ4n) is 1.78. The first-order chi connectivity index (χ1) is 6.70. The zero-order chi connectivity index (χ0) is 11.7. The zero-order valence-corrected chi connectivity index (χ0v) is 8.54. The van der Waals surface area contributed by atoms with Gasteiger partial charge in [0.2, 0.25) is 0 Å². The number of piperidine rings is 1. The van der Waals surface area contributed by atoms with Gasteiger partial charge in [-0.3, -0.25) is 0 Å². The summed E-state index contributed by atoms with van der Waals surface area (Å²) < 4.78 is 70.2. The lowest BCUT2D eigenvalue weighted by molar-refractivity contribution is -0.191. The summed E-state index contributed by atoms with van der Waals surface area (Å²) in [5.41, 5.74) is 0. The van der Waals surface area contributed by atoms with Crippen molar-refractivity contribution in [2.45, 2.75) is 12.6 Å². The smallest absolute Gasteiger partial charge is 0.316 e. The van der Waals surface area contributed by atoms with E-state index >= 15 is 0 Å². The maximum atomic E-state index is 12.4. The predicted molar refractivity (Wildman–Crippen MR) is 45.4 cm³/mol. The number of halogens is 4. The van der Waals surface area contributed by atoms with E-state index < -0.39 is 34.0 Å². The molecule has 3 nitrogen and oxygen atoms in total. The van der Waals surface area contributed by atoms with Crippen LogP contribution in [0.3, 0.4) is 0 Å². The summed E-state index contributed by atoms with van der Waals surface area (Å²) in [7, 11) is -4.86. The third-order valence-electron chi connectivity index (χ3n) is 2.44. The second kappa shape index (κ2) is 4.25. The largest absolute Gasteiger partial charge is 0.392 e. The van der Waals surface area contributed by atoms with Gasteiger partial charge in [0, 0.05) is 0 Å². The van der Waals surface area contributed by atoms with Gasteiger partial charge in [0.25, 0.3) is 0 Å². The molecule has 1 aliphatic heterocycles. The topological polar surface area (TPSA) is 46.2 Å². The lowest BCUT2D eigenvalue weighted by Crippen LogP contribution is -2.45. The molecule has 1 saturated heterocycles. The molecule has 0 aromatic rings. The molecule has 0 bridgehead atoms. The highest BCUT2D eigenvalue weighted by Gasteiger charge is 2.46. The molecule has 1 heterocycles. The number of hydrogen-bond donors (Lipinski definition) is 1. The van der Waals surface area contributed by atoms with Gasteiger partial charge >= 0.3 is 16.4 Å². The summed E-state index contributed by atoms with van der Waals surface area (Å²) in [5.74, 6) is -4.03. The first-order valence-corrected chi connectivity index (χ1v) is 5.95. The highest BCUT2D eigenvalue weighted by atomic mass is 32.3. The van der Waals surface area contributed by atoms with Crippen LogP contribution < -0.4 is 5.32 Å². The van der Waals surface area contributed by atoms with Crippen molar-refractivity contribution in [3.05, 3.63) is 0 Å². The minimum absolute atomic E-state index is 0.118. The maximum Gasteiger partial charge on any atom is 0.392 e. The molecular weight excluding hydrogens is 238 g/mol. The van der Waals surface area contributed by atoms with Gasteiger partial charge in [-0.05, 0) is 25.4 Å². The van der Waals surface area contributed by atoms with E-state index in [1.54, 1.807) is 0 Å². The van der Waals surface area contributed by atoms with Gasteiger partial charge in [0.1, 0.15) is 0 Å². The molecule has 8 heteroatoms. The summed E-state index contributed by atoms with van der Waals surface area (Å²) in [5, 5.41) is 2.63. The fraction of sp³-hybridized carbons (Fsp3) is 1.00. The first-order valence-electron chi connectivity index (χ1n) is 4.40. The van der Waals surface area contributed by atoms with Crippen molar-refractivity contribution in [1.29, 1.82) is 0 Å². The molecule has 0 saturated carbocycles. The Balaban J connectivity index is 2.75. The van der Waals surface area contributed by atoms with Crippen LogP contribution in [0, 0.1) is 11.8 Å². The molecule has 0 amide bonds. The summed E-state index contributed by atoms with van der Waals surface area (Å²) in [6.07, 6.45) is -4.67. The molecule has 0 radical (unpaired) electrons. The molecule has 15 heavy (non-hydrogen) atoms. The Kier molecular flexibility index (Phi) is 3.59. The minimum atomic E-state index is -4.86. The summed E-state index contributed by atoms with van der Waals surface area (Å²) in [4.78, 5) is 0. The molecule has 0 spiro atoms. The molecule has 1 fully saturated rings. The van der Waals surface area contributed by atoms with E-state index in [4.69, 9.17) is 0 Å². The Bertz CT molecular complexity index is 313. The average molecular weight is 249 g/mol. The van der Waals surface area contributed by atoms with Gasteiger partial charge in [-0.1, -0.05) is 0 Å². The third kappa shape index (κ3) is 3.94. The van der Waals surface area contributed by atoms with Crippen LogP contribution in [0.1, 0.15) is 6.42 Å². The lowest BCUT2D eigenvalue weighted by atomic mass is 9.87. The Labute approximate surface area is 85.1 Å². The number of hydrogen-bond acceptors (Lipinski definition) is 3. The van der Waals surface area contributed by atoms with Crippen molar-refractivity contribution in [2.24, 2.45) is 11.8 Å². The summed E-state index contributed by atoms with van der Waals surface area (Å²) in [6, 6.07) is 0. The Morgan fingerprint density at radius 1 is 1.33 bits per heavy atom. The highest BCUT2D eigenvalue weighted by Crippen LogP contribution is 2.36. The minimum Gasteiger partial charge on any atom is -0.316 e. The normalized spacial score (nSPS) is 29.1. The standard InChI is InChI=1S/C7H11F4NO2S/c8-7(9,10)6-1-2-12-3-5(6)4-15(11,13)14/h5-6,12H,1-4H2. The summed E-state index contributed by atoms with van der Waals surface area (Å²) >= 11 is 0. The van der Waals surface area contributed by atoms with Crippen LogP contribution in [-0.4, -0.2) is 33.4 Å². The molecule has 2 unspecified atom stereocenters. The van der Waals surface area contributed by atoms with Gasteiger partial charge in [-0.25, -0.2) is 0 Å². The molecule has 1 rings (SSSR count). The van der Waals surface area contributed by atoms with Crippen molar-refractivity contribution >= 4 is 10.2 Å². The number of alkyl halides is 3. The second-order valence-electron chi connectivity index (χ2n) is 3.61. The van der Waals surface area contributed by atoms with E-state index in [0.717, 1.165) is 0 Å². The molecule has 2 atom stereocenters. The van der Waals surface area contributed by atoms with E-state index in [1.807, 2.05) is 0 Å². The molecule has 90 valence electrons. The van der Waals surface area contributed by atoms with Crippen molar-refractivity contribution in [3.63, 3.8) is 0 Å². The molecule has 0 aromatic carbocycles. The molecule has 0 aliphatic carbocycles. The SMILES string of the molecule is O=S(=O)(F)CC1CNCCC1C(F)(F)F. The molecule has 0 aromatic heterocycles. The lowest BCUT2D eigenvalue weighted by Gasteiger charge is -2.32. The van der Waals surface area contributed by atoms with Gasteiger partial charge < -0.3 is 5.32 Å². The van der Waals surface area contributed by atoms with Crippen molar-refractivity contribution in [3.8, 4) is 0 Å². The second-order valence-corrected chi connectivity index (χ2v) is 5.02. The van der Waals surface area contributed by atoms with E-state index in [0.29, 0.717) is 0 Å². The number of nitrogens with one attached hydrogen (secondary N) is 1. The van der Waals surface area contributed by atoms with E-state index in [-0.39, 0.29) is 19.5 Å². The predicted octanol–water partition coefficient (Wildman–Crippen LogP) is 1.07. The van der Waals surface area contributed by atoms with Gasteiger partial charge in [0.15, 0.2) is 0 Å². The van der Waals surface area contributed by atoms with Crippen LogP contribution >= 0.6 is 0 Å². The first kappa shape index (κ1) is 12.7. The van der Waals surface area contributed by atoms with Crippen LogP contribution in [0.5, 0.6) is 0 Å². The highest BCUT2D eigenvalue weighted by molar-refractivity contribution is 7.86. The third-order valence-corrected chi connectivity index (χ3v) is 3.27. The van der Waals surface area contributed by atoms with Crippen molar-refractivity contribution in [2.75, 3.05) is 18.8 Å². The summed E-state index contributed by atoms with van der Waals surface area (Å²) in [6.45, 7) is 0.0559. The average Bonchev–Trinajstić information content (AvgIpc) is 1.99. The van der Waals surface area contributed by atoms with Gasteiger partial charge in [-0.2, -0.15) is 21.6 Å². The Morgan fingerprint density at radius 3 is 2.40 bits per heavy atom. The molecule has 1 aliphatic rings. The van der Waals surface area contributed by atoms with Crippen LogP contribution in [0.4, 0.5) is 17.1 Å². The van der Waals surface area contributed by atoms with Crippen molar-refractivity contribution < 1.29 is 25.5 Å². The van der Waals surface area contributed by atoms with Crippen molar-refractivity contribution in [1.82, 2.24) is 5.32 Å². The van der Waals surface area contributed by atoms with E-state index in [1.165, 1.54) is 0 Å². The van der Waals surface area contributed by atoms with E-state index in [2.05, 4.69) is 5.32 Å². The number of rotatable bonds is 2. The zero-order valence-electron chi connectivity index (χ0n) is 7.72. The molecule has 1 N–H and O–H groups in total. The van der Waals surface area contributed by atoms with Crippen LogP contribution in [0.2, 0.25) is 0 Å². The Morgan fingerprint density at radius 2 is 1.93 bits per heavy atom. The van der Waals surface area contributed by atoms with Gasteiger partial charge in [-0.15, -0.1) is 3.89 Å². The molecular formula is C7H11F4NO2S.